The Kier molecular flexibility index (Phi) is 3.27. The number of methoxy groups -OCH3 is 2. The second kappa shape index (κ2) is 4.88. The summed E-state index contributed by atoms with van der Waals surface area (Å²) >= 11 is 0. The molecule has 2 rings (SSSR count). The van der Waals surface area contributed by atoms with Crippen LogP contribution in [0.3, 0.4) is 0 Å². The quantitative estimate of drug-likeness (QED) is 0.716. The zero-order valence-electron chi connectivity index (χ0n) is 10.3. The smallest absolute Gasteiger partial charge is 0.341 e. The maximum Gasteiger partial charge on any atom is 0.341 e. The molecule has 19 heavy (non-hydrogen) atoms. The minimum absolute atomic E-state index is 0.0133. The Morgan fingerprint density at radius 3 is 2.74 bits per heavy atom. The number of esters is 2. The van der Waals surface area contributed by atoms with Gasteiger partial charge in [0.1, 0.15) is 5.56 Å². The van der Waals surface area contributed by atoms with Crippen molar-refractivity contribution in [3.05, 3.63) is 17.5 Å². The molecule has 0 spiro atoms. The first-order valence-corrected chi connectivity index (χ1v) is 5.22. The van der Waals surface area contributed by atoms with Crippen LogP contribution in [0.5, 0.6) is 0 Å². The van der Waals surface area contributed by atoms with Crippen LogP contribution >= 0.6 is 0 Å². The van der Waals surface area contributed by atoms with E-state index in [0.29, 0.717) is 0 Å². The lowest BCUT2D eigenvalue weighted by molar-refractivity contribution is -0.139. The van der Waals surface area contributed by atoms with E-state index < -0.39 is 11.9 Å². The van der Waals surface area contributed by atoms with Crippen molar-refractivity contribution in [2.45, 2.75) is 6.42 Å². The highest BCUT2D eigenvalue weighted by Gasteiger charge is 2.20. The molecule has 2 N–H and O–H groups in total. The molecular weight excluding hydrogens is 254 g/mol. The summed E-state index contributed by atoms with van der Waals surface area (Å²) in [4.78, 5) is 30.8. The van der Waals surface area contributed by atoms with Crippen molar-refractivity contribution in [3.63, 3.8) is 0 Å². The second-order valence-corrected chi connectivity index (χ2v) is 3.54. The lowest BCUT2D eigenvalue weighted by Crippen LogP contribution is -2.16. The van der Waals surface area contributed by atoms with E-state index in [1.165, 1.54) is 24.9 Å². The molecule has 0 fully saturated rings. The molecule has 0 aliphatic rings. The average Bonchev–Trinajstić information content (AvgIpc) is 2.78. The van der Waals surface area contributed by atoms with E-state index in [1.54, 1.807) is 0 Å². The number of carbonyl (C=O) groups excluding carboxylic acids is 2. The van der Waals surface area contributed by atoms with Gasteiger partial charge in [-0.1, -0.05) is 0 Å². The van der Waals surface area contributed by atoms with E-state index in [2.05, 4.69) is 24.5 Å². The number of nitrogen functional groups attached to an aromatic ring is 1. The molecule has 0 atom stereocenters. The normalized spacial score (nSPS) is 10.4. The van der Waals surface area contributed by atoms with Gasteiger partial charge in [-0.15, -0.1) is 5.10 Å². The van der Waals surface area contributed by atoms with Gasteiger partial charge in [0.05, 0.1) is 26.3 Å². The van der Waals surface area contributed by atoms with Gasteiger partial charge in [-0.2, -0.15) is 9.50 Å². The molecule has 0 unspecified atom stereocenters. The van der Waals surface area contributed by atoms with Crippen LogP contribution in [0.25, 0.3) is 5.78 Å². The molecule has 0 aromatic carbocycles. The van der Waals surface area contributed by atoms with E-state index in [-0.39, 0.29) is 29.4 Å². The summed E-state index contributed by atoms with van der Waals surface area (Å²) in [5, 5.41) is 3.88. The molecule has 9 nitrogen and oxygen atoms in total. The summed E-state index contributed by atoms with van der Waals surface area (Å²) < 4.78 is 10.4. The Morgan fingerprint density at radius 1 is 1.37 bits per heavy atom. The highest BCUT2D eigenvalue weighted by atomic mass is 16.5. The van der Waals surface area contributed by atoms with E-state index in [4.69, 9.17) is 5.73 Å². The molecule has 0 aliphatic carbocycles. The van der Waals surface area contributed by atoms with E-state index in [1.807, 2.05) is 0 Å². The first-order chi connectivity index (χ1) is 9.06. The number of anilines is 1. The monoisotopic (exact) mass is 265 g/mol. The number of hydrogen-bond acceptors (Lipinski definition) is 8. The van der Waals surface area contributed by atoms with Gasteiger partial charge in [0, 0.05) is 6.20 Å². The Hall–Kier alpha value is -2.71. The van der Waals surface area contributed by atoms with Gasteiger partial charge in [0.2, 0.25) is 5.95 Å². The number of aromatic nitrogens is 4. The second-order valence-electron chi connectivity index (χ2n) is 3.54. The molecule has 2 heterocycles. The maximum absolute atomic E-state index is 11.6. The fourth-order valence-corrected chi connectivity index (χ4v) is 1.55. The number of fused-ring (bicyclic) bond motifs is 1. The number of nitrogens with zero attached hydrogens (tertiary/aromatic N) is 4. The lowest BCUT2D eigenvalue weighted by Gasteiger charge is -2.07. The minimum Gasteiger partial charge on any atom is -0.469 e. The predicted octanol–water partition coefficient (Wildman–Crippen LogP) is -0.791. The minimum atomic E-state index is -0.637. The highest BCUT2D eigenvalue weighted by Crippen LogP contribution is 2.13. The first kappa shape index (κ1) is 12.7. The van der Waals surface area contributed by atoms with Crippen molar-refractivity contribution < 1.29 is 19.1 Å². The van der Waals surface area contributed by atoms with Crippen LogP contribution < -0.4 is 5.73 Å². The van der Waals surface area contributed by atoms with Gasteiger partial charge in [-0.25, -0.2) is 9.78 Å². The number of carbonyl (C=O) groups is 2. The van der Waals surface area contributed by atoms with Crippen LogP contribution in [0, 0.1) is 0 Å². The Morgan fingerprint density at radius 2 is 2.11 bits per heavy atom. The van der Waals surface area contributed by atoms with Gasteiger partial charge in [0.25, 0.3) is 5.78 Å². The SMILES string of the molecule is COC(=O)Cc1c(C(=O)OC)cnc2nc(N)nn12. The zero-order chi connectivity index (χ0) is 14.0. The molecule has 2 aromatic heterocycles. The van der Waals surface area contributed by atoms with Crippen molar-refractivity contribution in [1.82, 2.24) is 19.6 Å². The first-order valence-electron chi connectivity index (χ1n) is 5.22. The summed E-state index contributed by atoms with van der Waals surface area (Å²) in [6, 6.07) is 0. The van der Waals surface area contributed by atoms with Gasteiger partial charge in [-0.05, 0) is 0 Å². The van der Waals surface area contributed by atoms with Gasteiger partial charge in [-0.3, -0.25) is 4.79 Å². The zero-order valence-corrected chi connectivity index (χ0v) is 10.3. The summed E-state index contributed by atoms with van der Waals surface area (Å²) in [6.07, 6.45) is 1.08. The predicted molar refractivity (Wildman–Crippen MR) is 62.3 cm³/mol. The van der Waals surface area contributed by atoms with Crippen molar-refractivity contribution in [2.75, 3.05) is 20.0 Å². The Bertz CT molecular complexity index is 651. The van der Waals surface area contributed by atoms with Crippen LogP contribution in [-0.2, 0) is 20.7 Å². The topological polar surface area (TPSA) is 122 Å². The maximum atomic E-state index is 11.6. The van der Waals surface area contributed by atoms with Crippen LogP contribution in [0.2, 0.25) is 0 Å². The molecule has 0 amide bonds. The summed E-state index contributed by atoms with van der Waals surface area (Å²) in [6.45, 7) is 0. The third-order valence-corrected chi connectivity index (χ3v) is 2.43. The van der Waals surface area contributed by atoms with Crippen LogP contribution in [0.15, 0.2) is 6.20 Å². The average molecular weight is 265 g/mol. The summed E-state index contributed by atoms with van der Waals surface area (Å²) in [5.74, 6) is -1.00. The standard InChI is InChI=1S/C10H11N5O4/c1-18-7(16)3-6-5(8(17)19-2)4-12-10-13-9(11)14-15(6)10/h4H,3H2,1-2H3,(H2,11,14). The molecule has 2 aromatic rings. The van der Waals surface area contributed by atoms with Crippen LogP contribution in [0.4, 0.5) is 5.95 Å². The van der Waals surface area contributed by atoms with Crippen molar-refractivity contribution in [1.29, 1.82) is 0 Å². The third-order valence-electron chi connectivity index (χ3n) is 2.43. The van der Waals surface area contributed by atoms with Crippen molar-refractivity contribution in [3.8, 4) is 0 Å². The van der Waals surface area contributed by atoms with Crippen molar-refractivity contribution in [2.24, 2.45) is 0 Å². The number of rotatable bonds is 3. The van der Waals surface area contributed by atoms with E-state index in [0.717, 1.165) is 0 Å². The number of nitrogens with two attached hydrogens (primary N) is 1. The highest BCUT2D eigenvalue weighted by molar-refractivity contribution is 5.91. The molecular formula is C10H11N5O4. The fourth-order valence-electron chi connectivity index (χ4n) is 1.55. The molecule has 0 saturated heterocycles. The summed E-state index contributed by atoms with van der Waals surface area (Å²) in [5.41, 5.74) is 5.83. The molecule has 0 aliphatic heterocycles. The number of ether oxygens (including phenoxy) is 2. The lowest BCUT2D eigenvalue weighted by atomic mass is 10.2. The molecule has 0 radical (unpaired) electrons. The van der Waals surface area contributed by atoms with Crippen LogP contribution in [-0.4, -0.2) is 45.7 Å². The fraction of sp³-hybridized carbons (Fsp3) is 0.300. The van der Waals surface area contributed by atoms with Gasteiger partial charge < -0.3 is 15.2 Å². The summed E-state index contributed by atoms with van der Waals surface area (Å²) in [7, 11) is 2.47. The van der Waals surface area contributed by atoms with Crippen molar-refractivity contribution >= 4 is 23.7 Å². The van der Waals surface area contributed by atoms with E-state index >= 15 is 0 Å². The van der Waals surface area contributed by atoms with Gasteiger partial charge in [0.15, 0.2) is 0 Å². The number of hydrogen-bond donors (Lipinski definition) is 1. The Labute approximate surface area is 107 Å². The molecule has 0 bridgehead atoms. The third kappa shape index (κ3) is 2.30. The van der Waals surface area contributed by atoms with E-state index in [9.17, 15) is 9.59 Å². The van der Waals surface area contributed by atoms with Gasteiger partial charge >= 0.3 is 11.9 Å². The molecule has 0 saturated carbocycles. The molecule has 100 valence electrons. The molecule has 9 heteroatoms. The largest absolute Gasteiger partial charge is 0.469 e. The van der Waals surface area contributed by atoms with Crippen LogP contribution in [0.1, 0.15) is 16.1 Å². The Balaban J connectivity index is 2.63.